The van der Waals surface area contributed by atoms with Gasteiger partial charge in [-0.1, -0.05) is 26.8 Å². The fourth-order valence-corrected chi connectivity index (χ4v) is 2.95. The predicted molar refractivity (Wildman–Crippen MR) is 98.1 cm³/mol. The molecule has 0 saturated carbocycles. The van der Waals surface area contributed by atoms with Gasteiger partial charge < -0.3 is 20.5 Å². The molecule has 0 aliphatic heterocycles. The lowest BCUT2D eigenvalue weighted by Gasteiger charge is -2.30. The Morgan fingerprint density at radius 3 is 2.52 bits per heavy atom. The molecule has 0 aromatic carbocycles. The fourth-order valence-electron chi connectivity index (χ4n) is 2.17. The summed E-state index contributed by atoms with van der Waals surface area (Å²) in [6.45, 7) is 12.0. The van der Waals surface area contributed by atoms with E-state index in [1.54, 1.807) is 25.4 Å². The number of hydrogen-bond acceptors (Lipinski definition) is 4. The minimum atomic E-state index is -0.957. The molecule has 3 N–H and O–H groups in total. The minimum absolute atomic E-state index is 0.0432. The van der Waals surface area contributed by atoms with Crippen LogP contribution in [0.15, 0.2) is 22.5 Å². The molecule has 23 heavy (non-hydrogen) atoms. The Hall–Kier alpha value is -1.11. The van der Waals surface area contributed by atoms with Gasteiger partial charge in [-0.05, 0) is 30.7 Å². The lowest BCUT2D eigenvalue weighted by Crippen LogP contribution is -2.45. The van der Waals surface area contributed by atoms with Crippen LogP contribution in [0.5, 0.6) is 0 Å². The van der Waals surface area contributed by atoms with Crippen molar-refractivity contribution in [3.05, 3.63) is 22.4 Å². The number of aliphatic imine (C=N–C) groups is 1. The second kappa shape index (κ2) is 8.66. The predicted octanol–water partition coefficient (Wildman–Crippen LogP) is 2.57. The standard InChI is InChI=1S/C17H31N3O2S/c1-7-18-15(19-11-13(22-6)16(2,3)4)20-12-17(5,21)14-9-8-10-23-14/h8-10,13,21H,7,11-12H2,1-6H3,(H2,18,19,20). The highest BCUT2D eigenvalue weighted by Crippen LogP contribution is 2.25. The van der Waals surface area contributed by atoms with E-state index in [4.69, 9.17) is 4.74 Å². The van der Waals surface area contributed by atoms with Gasteiger partial charge in [-0.3, -0.25) is 0 Å². The summed E-state index contributed by atoms with van der Waals surface area (Å²) in [5.41, 5.74) is -0.914. The van der Waals surface area contributed by atoms with Gasteiger partial charge in [-0.15, -0.1) is 11.3 Å². The quantitative estimate of drug-likeness (QED) is 0.527. The van der Waals surface area contributed by atoms with Crippen LogP contribution in [-0.2, 0) is 10.3 Å². The zero-order valence-corrected chi connectivity index (χ0v) is 16.0. The summed E-state index contributed by atoms with van der Waals surface area (Å²) in [7, 11) is 1.73. The van der Waals surface area contributed by atoms with Gasteiger partial charge in [0.1, 0.15) is 5.60 Å². The Labute approximate surface area is 144 Å². The van der Waals surface area contributed by atoms with E-state index < -0.39 is 5.60 Å². The number of ether oxygens (including phenoxy) is 1. The number of thiophene rings is 1. The number of aliphatic hydroxyl groups is 1. The molecule has 0 saturated heterocycles. The van der Waals surface area contributed by atoms with Gasteiger partial charge in [0.25, 0.3) is 0 Å². The lowest BCUT2D eigenvalue weighted by molar-refractivity contribution is 0.0204. The van der Waals surface area contributed by atoms with Crippen LogP contribution >= 0.6 is 11.3 Å². The molecule has 0 aliphatic carbocycles. The first kappa shape index (κ1) is 19.9. The van der Waals surface area contributed by atoms with Crippen molar-refractivity contribution in [1.29, 1.82) is 0 Å². The third-order valence-corrected chi connectivity index (χ3v) is 4.77. The Morgan fingerprint density at radius 2 is 2.04 bits per heavy atom. The molecule has 1 aromatic heterocycles. The normalized spacial score (nSPS) is 16.7. The van der Waals surface area contributed by atoms with Crippen molar-refractivity contribution in [3.8, 4) is 0 Å². The van der Waals surface area contributed by atoms with Gasteiger partial charge in [0.15, 0.2) is 5.96 Å². The lowest BCUT2D eigenvalue weighted by atomic mass is 9.89. The van der Waals surface area contributed by atoms with Crippen molar-refractivity contribution in [2.24, 2.45) is 10.4 Å². The zero-order valence-electron chi connectivity index (χ0n) is 15.1. The summed E-state index contributed by atoms with van der Waals surface area (Å²) >= 11 is 1.54. The SMILES string of the molecule is CCNC(=NCC(C)(O)c1cccs1)NCC(OC)C(C)(C)C. The molecule has 1 aromatic rings. The monoisotopic (exact) mass is 341 g/mol. The van der Waals surface area contributed by atoms with Gasteiger partial charge >= 0.3 is 0 Å². The van der Waals surface area contributed by atoms with Crippen LogP contribution in [0, 0.1) is 5.41 Å². The number of guanidine groups is 1. The Kier molecular flexibility index (Phi) is 7.51. The largest absolute Gasteiger partial charge is 0.383 e. The van der Waals surface area contributed by atoms with Crippen LogP contribution in [0.2, 0.25) is 0 Å². The molecule has 0 radical (unpaired) electrons. The third kappa shape index (κ3) is 6.49. The molecule has 2 atom stereocenters. The first-order valence-electron chi connectivity index (χ1n) is 8.02. The van der Waals surface area contributed by atoms with E-state index in [0.717, 1.165) is 11.4 Å². The average Bonchev–Trinajstić information content (AvgIpc) is 2.98. The third-order valence-electron chi connectivity index (χ3n) is 3.65. The molecule has 0 bridgehead atoms. The van der Waals surface area contributed by atoms with E-state index in [0.29, 0.717) is 19.0 Å². The molecule has 132 valence electrons. The van der Waals surface area contributed by atoms with Crippen molar-refractivity contribution < 1.29 is 9.84 Å². The van der Waals surface area contributed by atoms with Crippen LogP contribution < -0.4 is 10.6 Å². The highest BCUT2D eigenvalue weighted by atomic mass is 32.1. The van der Waals surface area contributed by atoms with Crippen molar-refractivity contribution in [2.75, 3.05) is 26.7 Å². The number of nitrogens with one attached hydrogen (secondary N) is 2. The van der Waals surface area contributed by atoms with E-state index in [1.807, 2.05) is 24.4 Å². The maximum Gasteiger partial charge on any atom is 0.191 e. The molecule has 5 nitrogen and oxygen atoms in total. The molecule has 0 aliphatic rings. The summed E-state index contributed by atoms with van der Waals surface area (Å²) < 4.78 is 5.55. The van der Waals surface area contributed by atoms with Crippen molar-refractivity contribution in [1.82, 2.24) is 10.6 Å². The van der Waals surface area contributed by atoms with E-state index >= 15 is 0 Å². The van der Waals surface area contributed by atoms with E-state index in [2.05, 4.69) is 36.4 Å². The Bertz CT molecular complexity index is 479. The number of hydrogen-bond donors (Lipinski definition) is 3. The van der Waals surface area contributed by atoms with Crippen LogP contribution in [-0.4, -0.2) is 43.9 Å². The molecular formula is C17H31N3O2S. The molecular weight excluding hydrogens is 310 g/mol. The summed E-state index contributed by atoms with van der Waals surface area (Å²) in [5.74, 6) is 0.690. The van der Waals surface area contributed by atoms with Crippen LogP contribution in [0.4, 0.5) is 0 Å². The van der Waals surface area contributed by atoms with E-state index in [1.165, 1.54) is 0 Å². The molecule has 1 heterocycles. The van der Waals surface area contributed by atoms with Crippen molar-refractivity contribution >= 4 is 17.3 Å². The summed E-state index contributed by atoms with van der Waals surface area (Å²) in [5, 5.41) is 19.0. The molecule has 6 heteroatoms. The molecule has 0 fully saturated rings. The van der Waals surface area contributed by atoms with Gasteiger partial charge in [0.05, 0.1) is 12.6 Å². The number of nitrogens with zero attached hydrogens (tertiary/aromatic N) is 1. The Balaban J connectivity index is 2.70. The Morgan fingerprint density at radius 1 is 1.35 bits per heavy atom. The molecule has 0 amide bonds. The van der Waals surface area contributed by atoms with Gasteiger partial charge in [-0.25, -0.2) is 4.99 Å². The average molecular weight is 342 g/mol. The van der Waals surface area contributed by atoms with Crippen LogP contribution in [0.1, 0.15) is 39.5 Å². The molecule has 1 rings (SSSR count). The highest BCUT2D eigenvalue weighted by molar-refractivity contribution is 7.10. The second-order valence-electron chi connectivity index (χ2n) is 6.92. The van der Waals surface area contributed by atoms with Gasteiger partial charge in [0, 0.05) is 25.1 Å². The number of rotatable bonds is 7. The molecule has 0 spiro atoms. The second-order valence-corrected chi connectivity index (χ2v) is 7.87. The highest BCUT2D eigenvalue weighted by Gasteiger charge is 2.26. The maximum atomic E-state index is 10.6. The van der Waals surface area contributed by atoms with Crippen molar-refractivity contribution in [3.63, 3.8) is 0 Å². The van der Waals surface area contributed by atoms with E-state index in [-0.39, 0.29) is 11.5 Å². The smallest absolute Gasteiger partial charge is 0.191 e. The van der Waals surface area contributed by atoms with Crippen LogP contribution in [0.3, 0.4) is 0 Å². The summed E-state index contributed by atoms with van der Waals surface area (Å²) in [6.07, 6.45) is 0.0733. The maximum absolute atomic E-state index is 10.6. The first-order chi connectivity index (χ1) is 10.7. The van der Waals surface area contributed by atoms with Gasteiger partial charge in [0.2, 0.25) is 0 Å². The minimum Gasteiger partial charge on any atom is -0.383 e. The van der Waals surface area contributed by atoms with Crippen molar-refractivity contribution in [2.45, 2.75) is 46.3 Å². The fraction of sp³-hybridized carbons (Fsp3) is 0.706. The number of methoxy groups -OCH3 is 1. The zero-order chi connectivity index (χ0) is 17.5. The first-order valence-corrected chi connectivity index (χ1v) is 8.90. The van der Waals surface area contributed by atoms with Gasteiger partial charge in [-0.2, -0.15) is 0 Å². The summed E-state index contributed by atoms with van der Waals surface area (Å²) in [4.78, 5) is 5.44. The summed E-state index contributed by atoms with van der Waals surface area (Å²) in [6, 6.07) is 3.87. The van der Waals surface area contributed by atoms with E-state index in [9.17, 15) is 5.11 Å². The van der Waals surface area contributed by atoms with Crippen LogP contribution in [0.25, 0.3) is 0 Å². The molecule has 2 unspecified atom stereocenters. The topological polar surface area (TPSA) is 65.9 Å².